The molecule has 71 valence electrons. The van der Waals surface area contributed by atoms with Gasteiger partial charge in [-0.2, -0.15) is 0 Å². The van der Waals surface area contributed by atoms with E-state index in [0.29, 0.717) is 17.9 Å². The lowest BCUT2D eigenvalue weighted by atomic mass is 9.72. The predicted molar refractivity (Wildman–Crippen MR) is 52.4 cm³/mol. The van der Waals surface area contributed by atoms with Crippen LogP contribution < -0.4 is 0 Å². The topological polar surface area (TPSA) is 20.2 Å². The van der Waals surface area contributed by atoms with Crippen molar-refractivity contribution in [2.75, 3.05) is 0 Å². The van der Waals surface area contributed by atoms with Crippen molar-refractivity contribution in [2.45, 2.75) is 32.1 Å². The maximum absolute atomic E-state index is 9.70. The van der Waals surface area contributed by atoms with Crippen LogP contribution in [-0.4, -0.2) is 5.11 Å². The molecule has 0 heterocycles. The van der Waals surface area contributed by atoms with E-state index in [1.807, 2.05) is 12.8 Å². The lowest BCUT2D eigenvalue weighted by Gasteiger charge is -2.35. The number of rotatable bonds is 1. The van der Waals surface area contributed by atoms with Gasteiger partial charge in [-0.15, -0.1) is 0 Å². The Balaban J connectivity index is 1.88. The van der Waals surface area contributed by atoms with Crippen molar-refractivity contribution in [1.29, 1.82) is 0 Å². The van der Waals surface area contributed by atoms with E-state index in [1.54, 1.807) is 0 Å². The summed E-state index contributed by atoms with van der Waals surface area (Å²) in [6.07, 6.45) is 15.1. The van der Waals surface area contributed by atoms with E-state index in [-0.39, 0.29) is 0 Å². The Bertz CT molecular complexity index is 149. The summed E-state index contributed by atoms with van der Waals surface area (Å²) in [7, 11) is 0. The Morgan fingerprint density at radius 1 is 1.08 bits per heavy atom. The molecular formula is C12H17O. The fourth-order valence-electron chi connectivity index (χ4n) is 2.44. The van der Waals surface area contributed by atoms with Gasteiger partial charge in [0.05, 0.1) is 0 Å². The van der Waals surface area contributed by atoms with Gasteiger partial charge in [0.25, 0.3) is 0 Å². The van der Waals surface area contributed by atoms with Gasteiger partial charge in [0, 0.05) is 6.42 Å². The first-order valence-corrected chi connectivity index (χ1v) is 5.28. The number of hydrogen-bond acceptors (Lipinski definition) is 1. The minimum Gasteiger partial charge on any atom is -0.386 e. The second-order valence-electron chi connectivity index (χ2n) is 4.09. The summed E-state index contributed by atoms with van der Waals surface area (Å²) in [5, 5.41) is 9.70. The Labute approximate surface area is 81.5 Å². The largest absolute Gasteiger partial charge is 0.386 e. The van der Waals surface area contributed by atoms with Crippen LogP contribution >= 0.6 is 0 Å². The highest BCUT2D eigenvalue weighted by molar-refractivity contribution is 5.25. The number of aliphatic hydroxyl groups is 1. The van der Waals surface area contributed by atoms with E-state index in [4.69, 9.17) is 0 Å². The van der Waals surface area contributed by atoms with Crippen LogP contribution in [0.1, 0.15) is 32.1 Å². The van der Waals surface area contributed by atoms with Gasteiger partial charge in [0.1, 0.15) is 6.10 Å². The molecule has 2 rings (SSSR count). The zero-order chi connectivity index (χ0) is 9.10. The highest BCUT2D eigenvalue weighted by Gasteiger charge is 2.32. The lowest BCUT2D eigenvalue weighted by Crippen LogP contribution is -2.28. The third-order valence-electron chi connectivity index (χ3n) is 3.20. The molecule has 5 radical (unpaired) electrons. The Kier molecular flexibility index (Phi) is 3.26. The van der Waals surface area contributed by atoms with E-state index >= 15 is 0 Å². The second-order valence-corrected chi connectivity index (χ2v) is 4.09. The van der Waals surface area contributed by atoms with E-state index in [2.05, 4.69) is 12.8 Å². The summed E-state index contributed by atoms with van der Waals surface area (Å²) >= 11 is 0. The molecule has 2 fully saturated rings. The van der Waals surface area contributed by atoms with E-state index in [9.17, 15) is 5.11 Å². The molecule has 0 aromatic heterocycles. The number of aliphatic hydroxyl groups excluding tert-OH is 1. The molecule has 2 aliphatic carbocycles. The molecule has 0 aliphatic heterocycles. The van der Waals surface area contributed by atoms with E-state index in [0.717, 1.165) is 0 Å². The first-order valence-electron chi connectivity index (χ1n) is 5.28. The Morgan fingerprint density at radius 3 is 2.54 bits per heavy atom. The number of hydrogen-bond donors (Lipinski definition) is 1. The van der Waals surface area contributed by atoms with E-state index in [1.165, 1.54) is 32.1 Å². The maximum atomic E-state index is 9.70. The van der Waals surface area contributed by atoms with Gasteiger partial charge in [0.2, 0.25) is 0 Å². The van der Waals surface area contributed by atoms with Crippen LogP contribution in [0.25, 0.3) is 0 Å². The molecule has 1 heteroatoms. The highest BCUT2D eigenvalue weighted by atomic mass is 16.3. The average Bonchev–Trinajstić information content (AvgIpc) is 2.20. The summed E-state index contributed by atoms with van der Waals surface area (Å²) < 4.78 is 0. The van der Waals surface area contributed by atoms with Crippen LogP contribution in [0.2, 0.25) is 0 Å². The van der Waals surface area contributed by atoms with Crippen LogP contribution in [0.15, 0.2) is 0 Å². The van der Waals surface area contributed by atoms with Gasteiger partial charge in [-0.3, -0.25) is 0 Å². The molecule has 2 aliphatic rings. The molecule has 1 N–H and O–H groups in total. The molecule has 0 aromatic carbocycles. The summed E-state index contributed by atoms with van der Waals surface area (Å²) in [6, 6.07) is 0. The molecule has 0 amide bonds. The standard InChI is InChI=1S/C12H17O/c13-12-9-5-4-8-11(12)10-6-2-1-3-7-10/h4-5,8-11,13H,1-3,6-7H2. The van der Waals surface area contributed by atoms with Crippen molar-refractivity contribution in [2.24, 2.45) is 11.8 Å². The summed E-state index contributed by atoms with van der Waals surface area (Å²) in [5.41, 5.74) is 0. The quantitative estimate of drug-likeness (QED) is 0.653. The second kappa shape index (κ2) is 4.45. The van der Waals surface area contributed by atoms with Crippen LogP contribution in [0.4, 0.5) is 0 Å². The smallest absolute Gasteiger partial charge is 0.101 e. The Morgan fingerprint density at radius 2 is 1.85 bits per heavy atom. The molecule has 2 saturated carbocycles. The summed E-state index contributed by atoms with van der Waals surface area (Å²) in [4.78, 5) is 0. The fraction of sp³-hybridized carbons (Fsp3) is 0.583. The molecule has 0 aromatic rings. The van der Waals surface area contributed by atoms with Crippen molar-refractivity contribution in [3.05, 3.63) is 31.8 Å². The zero-order valence-corrected chi connectivity index (χ0v) is 7.95. The van der Waals surface area contributed by atoms with Crippen molar-refractivity contribution >= 4 is 0 Å². The monoisotopic (exact) mass is 177 g/mol. The SMILES string of the molecule is O[C]1[CH][CH][CH][CH]C1C1CCCCC1. The normalized spacial score (nSPS) is 33.5. The molecule has 0 spiro atoms. The van der Waals surface area contributed by atoms with Crippen LogP contribution in [0.5, 0.6) is 0 Å². The van der Waals surface area contributed by atoms with Crippen molar-refractivity contribution in [3.63, 3.8) is 0 Å². The third-order valence-corrected chi connectivity index (χ3v) is 3.20. The maximum Gasteiger partial charge on any atom is 0.101 e. The average molecular weight is 177 g/mol. The van der Waals surface area contributed by atoms with Crippen molar-refractivity contribution < 1.29 is 5.11 Å². The van der Waals surface area contributed by atoms with Crippen LogP contribution in [0, 0.1) is 43.6 Å². The summed E-state index contributed by atoms with van der Waals surface area (Å²) in [6.45, 7) is 0. The van der Waals surface area contributed by atoms with Crippen LogP contribution in [0.3, 0.4) is 0 Å². The molecule has 0 bridgehead atoms. The third kappa shape index (κ3) is 2.25. The first-order chi connectivity index (χ1) is 6.38. The molecule has 13 heavy (non-hydrogen) atoms. The van der Waals surface area contributed by atoms with Crippen molar-refractivity contribution in [1.82, 2.24) is 0 Å². The van der Waals surface area contributed by atoms with E-state index < -0.39 is 0 Å². The molecule has 1 atom stereocenters. The summed E-state index contributed by atoms with van der Waals surface area (Å²) in [5.74, 6) is 1.00. The Hall–Kier alpha value is -0.0400. The highest BCUT2D eigenvalue weighted by Crippen LogP contribution is 2.39. The molecule has 1 nitrogen and oxygen atoms in total. The van der Waals surface area contributed by atoms with Gasteiger partial charge in [-0.25, -0.2) is 0 Å². The molecule has 0 saturated heterocycles. The molecule has 1 unspecified atom stereocenters. The zero-order valence-electron chi connectivity index (χ0n) is 7.95. The van der Waals surface area contributed by atoms with Gasteiger partial charge in [0.15, 0.2) is 0 Å². The van der Waals surface area contributed by atoms with Crippen molar-refractivity contribution in [3.8, 4) is 0 Å². The van der Waals surface area contributed by atoms with Gasteiger partial charge >= 0.3 is 0 Å². The van der Waals surface area contributed by atoms with Crippen LogP contribution in [-0.2, 0) is 0 Å². The fourth-order valence-corrected chi connectivity index (χ4v) is 2.44. The van der Waals surface area contributed by atoms with Gasteiger partial charge in [-0.1, -0.05) is 32.1 Å². The minimum atomic E-state index is 0.310. The minimum absolute atomic E-state index is 0.310. The van der Waals surface area contributed by atoms with Gasteiger partial charge < -0.3 is 5.11 Å². The first kappa shape index (κ1) is 9.51. The van der Waals surface area contributed by atoms with Gasteiger partial charge in [-0.05, 0) is 31.1 Å². The predicted octanol–water partition coefficient (Wildman–Crippen LogP) is 2.92. The lowest BCUT2D eigenvalue weighted by molar-refractivity contribution is 0.182. The molecular weight excluding hydrogens is 160 g/mol.